The molecule has 0 aliphatic rings. The summed E-state index contributed by atoms with van der Waals surface area (Å²) in [5.74, 6) is 0.492. The summed E-state index contributed by atoms with van der Waals surface area (Å²) < 4.78 is 4.90. The first-order valence-corrected chi connectivity index (χ1v) is 4.15. The minimum atomic E-state index is -1.20. The largest absolute Gasteiger partial charge is 0.495 e. The molecule has 0 aromatic carbocycles. The highest BCUT2D eigenvalue weighted by Crippen LogP contribution is 2.19. The summed E-state index contributed by atoms with van der Waals surface area (Å²) in [6, 6.07) is 1.55. The van der Waals surface area contributed by atoms with Crippen LogP contribution in [0.4, 0.5) is 0 Å². The van der Waals surface area contributed by atoms with Crippen LogP contribution in [0.2, 0.25) is 0 Å². The number of hydrogen-bond acceptors (Lipinski definition) is 5. The average Bonchev–Trinajstić information content (AvgIpc) is 2.27. The topological polar surface area (TPSA) is 82.8 Å². The molecule has 0 spiro atoms. The molecule has 14 heavy (non-hydrogen) atoms. The van der Waals surface area contributed by atoms with Crippen molar-refractivity contribution in [2.75, 3.05) is 13.7 Å². The second kappa shape index (κ2) is 4.90. The molecule has 0 bridgehead atoms. The Balaban J connectivity index is 2.83. The molecule has 1 aromatic rings. The molecule has 1 rings (SSSR count). The maximum atomic E-state index is 9.50. The Kier molecular flexibility index (Phi) is 3.82. The third-order valence-electron chi connectivity index (χ3n) is 1.86. The van der Waals surface area contributed by atoms with Crippen molar-refractivity contribution in [3.05, 3.63) is 24.0 Å². The number of aliphatic hydroxyl groups excluding tert-OH is 3. The van der Waals surface area contributed by atoms with Crippen LogP contribution in [-0.4, -0.2) is 40.1 Å². The third kappa shape index (κ3) is 2.41. The maximum absolute atomic E-state index is 9.50. The highest BCUT2D eigenvalue weighted by atomic mass is 16.5. The van der Waals surface area contributed by atoms with Crippen LogP contribution in [0.25, 0.3) is 0 Å². The van der Waals surface area contributed by atoms with Crippen LogP contribution in [0, 0.1) is 0 Å². The van der Waals surface area contributed by atoms with Crippen molar-refractivity contribution in [3.63, 3.8) is 0 Å². The van der Waals surface area contributed by atoms with Gasteiger partial charge in [-0.1, -0.05) is 0 Å². The Morgan fingerprint density at radius 3 is 2.71 bits per heavy atom. The SMILES string of the molecule is COc1cncc(C(O)C(O)CO)c1. The van der Waals surface area contributed by atoms with Gasteiger partial charge in [-0.2, -0.15) is 0 Å². The second-order valence-electron chi connectivity index (χ2n) is 2.85. The molecular weight excluding hydrogens is 186 g/mol. The van der Waals surface area contributed by atoms with Crippen molar-refractivity contribution in [3.8, 4) is 5.75 Å². The van der Waals surface area contributed by atoms with E-state index in [0.717, 1.165) is 0 Å². The van der Waals surface area contributed by atoms with Crippen molar-refractivity contribution in [2.45, 2.75) is 12.2 Å². The summed E-state index contributed by atoms with van der Waals surface area (Å²) >= 11 is 0. The predicted molar refractivity (Wildman–Crippen MR) is 48.8 cm³/mol. The molecule has 0 aliphatic heterocycles. The predicted octanol–water partition coefficient (Wildman–Crippen LogP) is -0.523. The van der Waals surface area contributed by atoms with Crippen molar-refractivity contribution >= 4 is 0 Å². The van der Waals surface area contributed by atoms with Gasteiger partial charge in [0.15, 0.2) is 0 Å². The number of nitrogens with zero attached hydrogens (tertiary/aromatic N) is 1. The Labute approximate surface area is 81.6 Å². The fourth-order valence-corrected chi connectivity index (χ4v) is 1.03. The number of pyridine rings is 1. The van der Waals surface area contributed by atoms with E-state index in [1.807, 2.05) is 0 Å². The van der Waals surface area contributed by atoms with E-state index in [0.29, 0.717) is 11.3 Å². The highest BCUT2D eigenvalue weighted by molar-refractivity contribution is 5.25. The van der Waals surface area contributed by atoms with Crippen LogP contribution >= 0.6 is 0 Å². The highest BCUT2D eigenvalue weighted by Gasteiger charge is 2.17. The van der Waals surface area contributed by atoms with Gasteiger partial charge in [-0.3, -0.25) is 4.98 Å². The number of methoxy groups -OCH3 is 1. The van der Waals surface area contributed by atoms with E-state index in [-0.39, 0.29) is 0 Å². The fraction of sp³-hybridized carbons (Fsp3) is 0.444. The molecule has 0 saturated heterocycles. The first-order chi connectivity index (χ1) is 6.69. The van der Waals surface area contributed by atoms with Crippen molar-refractivity contribution in [1.29, 1.82) is 0 Å². The lowest BCUT2D eigenvalue weighted by atomic mass is 10.1. The van der Waals surface area contributed by atoms with Crippen molar-refractivity contribution in [1.82, 2.24) is 4.98 Å². The lowest BCUT2D eigenvalue weighted by Crippen LogP contribution is -2.22. The van der Waals surface area contributed by atoms with Gasteiger partial charge in [-0.05, 0) is 6.07 Å². The van der Waals surface area contributed by atoms with Gasteiger partial charge in [0.2, 0.25) is 0 Å². The number of ether oxygens (including phenoxy) is 1. The van der Waals surface area contributed by atoms with E-state index in [1.165, 1.54) is 19.5 Å². The second-order valence-corrected chi connectivity index (χ2v) is 2.85. The normalized spacial score (nSPS) is 14.9. The summed E-state index contributed by atoms with van der Waals surface area (Å²) in [7, 11) is 1.48. The molecule has 5 heteroatoms. The summed E-state index contributed by atoms with van der Waals surface area (Å²) in [6.07, 6.45) is 0.541. The molecular formula is C9H13NO4. The Hall–Kier alpha value is -1.17. The number of aliphatic hydroxyl groups is 3. The fourth-order valence-electron chi connectivity index (χ4n) is 1.03. The lowest BCUT2D eigenvalue weighted by molar-refractivity contribution is -0.0154. The summed E-state index contributed by atoms with van der Waals surface area (Å²) in [5, 5.41) is 27.3. The first kappa shape index (κ1) is 10.9. The zero-order valence-corrected chi connectivity index (χ0v) is 7.79. The number of aromatic nitrogens is 1. The minimum absolute atomic E-state index is 0.408. The van der Waals surface area contributed by atoms with E-state index in [9.17, 15) is 10.2 Å². The van der Waals surface area contributed by atoms with Crippen LogP contribution < -0.4 is 4.74 Å². The summed E-state index contributed by atoms with van der Waals surface area (Å²) in [5.41, 5.74) is 0.408. The van der Waals surface area contributed by atoms with Crippen molar-refractivity contribution < 1.29 is 20.1 Å². The molecule has 0 saturated carbocycles. The van der Waals surface area contributed by atoms with Gasteiger partial charge in [-0.25, -0.2) is 0 Å². The summed E-state index contributed by atoms with van der Waals surface area (Å²) in [6.45, 7) is -0.502. The molecule has 2 unspecified atom stereocenters. The molecule has 0 amide bonds. The van der Waals surface area contributed by atoms with Crippen LogP contribution in [-0.2, 0) is 0 Å². The van der Waals surface area contributed by atoms with E-state index >= 15 is 0 Å². The van der Waals surface area contributed by atoms with Gasteiger partial charge in [0.25, 0.3) is 0 Å². The molecule has 2 atom stereocenters. The van der Waals surface area contributed by atoms with Gasteiger partial charge < -0.3 is 20.1 Å². The van der Waals surface area contributed by atoms with Gasteiger partial charge in [0, 0.05) is 11.8 Å². The molecule has 78 valence electrons. The first-order valence-electron chi connectivity index (χ1n) is 4.15. The van der Waals surface area contributed by atoms with E-state index in [4.69, 9.17) is 9.84 Å². The van der Waals surface area contributed by atoms with Crippen LogP contribution in [0.5, 0.6) is 5.75 Å². The van der Waals surface area contributed by atoms with E-state index in [1.54, 1.807) is 6.07 Å². The molecule has 5 nitrogen and oxygen atoms in total. The minimum Gasteiger partial charge on any atom is -0.495 e. The third-order valence-corrected chi connectivity index (χ3v) is 1.86. The van der Waals surface area contributed by atoms with Crippen LogP contribution in [0.1, 0.15) is 11.7 Å². The number of hydrogen-bond donors (Lipinski definition) is 3. The van der Waals surface area contributed by atoms with Crippen LogP contribution in [0.3, 0.4) is 0 Å². The standard InChI is InChI=1S/C9H13NO4/c1-14-7-2-6(3-10-4-7)9(13)8(12)5-11/h2-4,8-9,11-13H,5H2,1H3. The zero-order valence-electron chi connectivity index (χ0n) is 7.79. The average molecular weight is 199 g/mol. The van der Waals surface area contributed by atoms with Gasteiger partial charge in [-0.15, -0.1) is 0 Å². The lowest BCUT2D eigenvalue weighted by Gasteiger charge is -2.15. The molecule has 0 fully saturated rings. The van der Waals surface area contributed by atoms with Gasteiger partial charge in [0.1, 0.15) is 18.0 Å². The van der Waals surface area contributed by atoms with E-state index in [2.05, 4.69) is 4.98 Å². The Morgan fingerprint density at radius 2 is 2.14 bits per heavy atom. The smallest absolute Gasteiger partial charge is 0.137 e. The summed E-state index contributed by atoms with van der Waals surface area (Å²) in [4.78, 5) is 3.82. The zero-order chi connectivity index (χ0) is 10.6. The quantitative estimate of drug-likeness (QED) is 0.607. The van der Waals surface area contributed by atoms with Gasteiger partial charge in [0.05, 0.1) is 19.9 Å². The molecule has 1 aromatic heterocycles. The van der Waals surface area contributed by atoms with E-state index < -0.39 is 18.8 Å². The Morgan fingerprint density at radius 1 is 1.43 bits per heavy atom. The maximum Gasteiger partial charge on any atom is 0.137 e. The molecule has 0 radical (unpaired) electrons. The molecule has 3 N–H and O–H groups in total. The van der Waals surface area contributed by atoms with Crippen molar-refractivity contribution in [2.24, 2.45) is 0 Å². The van der Waals surface area contributed by atoms with Crippen LogP contribution in [0.15, 0.2) is 18.5 Å². The van der Waals surface area contributed by atoms with Gasteiger partial charge >= 0.3 is 0 Å². The molecule has 1 heterocycles. The number of rotatable bonds is 4. The molecule has 0 aliphatic carbocycles. The monoisotopic (exact) mass is 199 g/mol. The Bertz CT molecular complexity index is 292.